The van der Waals surface area contributed by atoms with E-state index in [1.165, 1.54) is 6.92 Å². The highest BCUT2D eigenvalue weighted by atomic mass is 32.1. The Bertz CT molecular complexity index is 1040. The normalized spacial score (nSPS) is 11.1. The Morgan fingerprint density at radius 2 is 1.81 bits per heavy atom. The summed E-state index contributed by atoms with van der Waals surface area (Å²) in [5.74, 6) is -0.177. The zero-order valence-corrected chi connectivity index (χ0v) is 19.6. The van der Waals surface area contributed by atoms with Gasteiger partial charge in [-0.05, 0) is 60.9 Å². The predicted octanol–water partition coefficient (Wildman–Crippen LogP) is 5.46. The topological polar surface area (TPSA) is 84.2 Å². The molecule has 0 aliphatic heterocycles. The van der Waals surface area contributed by atoms with Crippen LogP contribution in [-0.4, -0.2) is 11.8 Å². The van der Waals surface area contributed by atoms with Crippen LogP contribution in [0.25, 0.3) is 10.4 Å². The van der Waals surface area contributed by atoms with Crippen LogP contribution >= 0.6 is 11.3 Å². The molecule has 0 aliphatic rings. The molecule has 0 saturated heterocycles. The molecule has 3 aromatic rings. The Balaban J connectivity index is 0.00000166. The molecule has 3 rings (SSSR count). The molecule has 0 unspecified atom stereocenters. The third-order valence-corrected chi connectivity index (χ3v) is 5.83. The molecular weight excluding hydrogens is 406 g/mol. The molecule has 1 aromatic heterocycles. The van der Waals surface area contributed by atoms with Crippen molar-refractivity contribution >= 4 is 28.8 Å². The summed E-state index contributed by atoms with van der Waals surface area (Å²) in [7, 11) is 0. The quantitative estimate of drug-likeness (QED) is 0.448. The molecule has 0 saturated carbocycles. The largest absolute Gasteiger partial charge is 0.399 e. The first kappa shape index (κ1) is 24.2. The Morgan fingerprint density at radius 3 is 2.52 bits per heavy atom. The third-order valence-electron chi connectivity index (χ3n) is 4.70. The Morgan fingerprint density at radius 1 is 1.06 bits per heavy atom. The average molecular weight is 438 g/mol. The molecular formula is C25H31N3O2S. The number of anilines is 1. The summed E-state index contributed by atoms with van der Waals surface area (Å²) in [5.41, 5.74) is 9.99. The van der Waals surface area contributed by atoms with Crippen LogP contribution in [0.5, 0.6) is 0 Å². The second-order valence-electron chi connectivity index (χ2n) is 7.07. The highest BCUT2D eigenvalue weighted by molar-refractivity contribution is 7.15. The monoisotopic (exact) mass is 437 g/mol. The minimum absolute atomic E-state index is 0.0399. The fourth-order valence-electron chi connectivity index (χ4n) is 3.04. The second-order valence-corrected chi connectivity index (χ2v) is 8.24. The summed E-state index contributed by atoms with van der Waals surface area (Å²) in [4.78, 5) is 26.0. The van der Waals surface area contributed by atoms with Crippen LogP contribution in [0.3, 0.4) is 0 Å². The van der Waals surface area contributed by atoms with Crippen molar-refractivity contribution in [3.05, 3.63) is 76.2 Å². The molecule has 2 amide bonds. The van der Waals surface area contributed by atoms with Crippen LogP contribution in [0.15, 0.2) is 54.6 Å². The predicted molar refractivity (Wildman–Crippen MR) is 130 cm³/mol. The fraction of sp³-hybridized carbons (Fsp3) is 0.280. The third kappa shape index (κ3) is 6.69. The summed E-state index contributed by atoms with van der Waals surface area (Å²) in [6.45, 7) is 9.91. The summed E-state index contributed by atoms with van der Waals surface area (Å²) in [6.07, 6.45) is 0. The Labute approximate surface area is 188 Å². The number of benzene rings is 2. The number of hydrogen-bond acceptors (Lipinski definition) is 4. The summed E-state index contributed by atoms with van der Waals surface area (Å²) >= 11 is 1.65. The lowest BCUT2D eigenvalue weighted by atomic mass is 10.0. The van der Waals surface area contributed by atoms with Crippen molar-refractivity contribution in [3.63, 3.8) is 0 Å². The van der Waals surface area contributed by atoms with Gasteiger partial charge in [0.15, 0.2) is 0 Å². The lowest BCUT2D eigenvalue weighted by molar-refractivity contribution is -0.119. The van der Waals surface area contributed by atoms with Crippen LogP contribution < -0.4 is 16.4 Å². The van der Waals surface area contributed by atoms with Crippen molar-refractivity contribution in [2.45, 2.75) is 47.2 Å². The van der Waals surface area contributed by atoms with Crippen molar-refractivity contribution in [1.29, 1.82) is 0 Å². The van der Waals surface area contributed by atoms with Gasteiger partial charge in [-0.15, -0.1) is 11.3 Å². The highest BCUT2D eigenvalue weighted by Crippen LogP contribution is 2.30. The highest BCUT2D eigenvalue weighted by Gasteiger charge is 2.14. The summed E-state index contributed by atoms with van der Waals surface area (Å²) in [5, 5.41) is 5.88. The first-order valence-corrected chi connectivity index (χ1v) is 11.3. The maximum atomic E-state index is 12.7. The van der Waals surface area contributed by atoms with E-state index in [9.17, 15) is 9.59 Å². The van der Waals surface area contributed by atoms with Gasteiger partial charge >= 0.3 is 0 Å². The van der Waals surface area contributed by atoms with Crippen molar-refractivity contribution in [1.82, 2.24) is 10.6 Å². The molecule has 6 heteroatoms. The smallest absolute Gasteiger partial charge is 0.252 e. The van der Waals surface area contributed by atoms with E-state index in [2.05, 4.69) is 22.8 Å². The van der Waals surface area contributed by atoms with E-state index in [1.54, 1.807) is 23.5 Å². The molecule has 4 N–H and O–H groups in total. The zero-order chi connectivity index (χ0) is 23.0. The standard InChI is InChI=1S/C23H25N3O2S.C2H6/c1-14-7-8-19(24)12-21(14)23(28)26-15(2)17-5-4-6-18(11-17)22-10-9-20(29-22)13-25-16(3)27;1-2/h4-12,15H,13,24H2,1-3H3,(H,25,27)(H,26,28);1-2H3/t15-;/m1./s1. The van der Waals surface area contributed by atoms with Crippen molar-refractivity contribution < 1.29 is 9.59 Å². The van der Waals surface area contributed by atoms with Crippen molar-refractivity contribution in [2.75, 3.05) is 5.73 Å². The van der Waals surface area contributed by atoms with Crippen molar-refractivity contribution in [2.24, 2.45) is 0 Å². The molecule has 0 aliphatic carbocycles. The van der Waals surface area contributed by atoms with Crippen LogP contribution in [0.2, 0.25) is 0 Å². The van der Waals surface area contributed by atoms with E-state index in [1.807, 2.05) is 58.0 Å². The summed E-state index contributed by atoms with van der Waals surface area (Å²) < 4.78 is 0. The Kier molecular flexibility index (Phi) is 8.82. The van der Waals surface area contributed by atoms with Crippen LogP contribution in [0.1, 0.15) is 60.1 Å². The first-order chi connectivity index (χ1) is 14.8. The zero-order valence-electron chi connectivity index (χ0n) is 18.8. The van der Waals surface area contributed by atoms with Gasteiger partial charge in [-0.3, -0.25) is 9.59 Å². The first-order valence-electron chi connectivity index (χ1n) is 10.4. The fourth-order valence-corrected chi connectivity index (χ4v) is 3.99. The lowest BCUT2D eigenvalue weighted by Crippen LogP contribution is -2.27. The van der Waals surface area contributed by atoms with Crippen LogP contribution in [-0.2, 0) is 11.3 Å². The van der Waals surface area contributed by atoms with E-state index < -0.39 is 0 Å². The number of nitrogens with two attached hydrogens (primary N) is 1. The van der Waals surface area contributed by atoms with Gasteiger partial charge in [0.25, 0.3) is 5.91 Å². The van der Waals surface area contributed by atoms with Gasteiger partial charge in [0, 0.05) is 27.9 Å². The van der Waals surface area contributed by atoms with Gasteiger partial charge in [0.1, 0.15) is 0 Å². The van der Waals surface area contributed by atoms with Gasteiger partial charge in [0.05, 0.1) is 12.6 Å². The van der Waals surface area contributed by atoms with Gasteiger partial charge in [-0.25, -0.2) is 0 Å². The SMILES string of the molecule is CC.CC(=O)NCc1ccc(-c2cccc([C@@H](C)NC(=O)c3cc(N)ccc3C)c2)s1. The molecule has 2 aromatic carbocycles. The number of rotatable bonds is 6. The van der Waals surface area contributed by atoms with E-state index in [0.29, 0.717) is 17.8 Å². The van der Waals surface area contributed by atoms with E-state index in [-0.39, 0.29) is 17.9 Å². The molecule has 0 radical (unpaired) electrons. The van der Waals surface area contributed by atoms with E-state index in [4.69, 9.17) is 5.73 Å². The molecule has 1 atom stereocenters. The Hall–Kier alpha value is -3.12. The molecule has 164 valence electrons. The molecule has 0 spiro atoms. The van der Waals surface area contributed by atoms with Gasteiger partial charge in [-0.2, -0.15) is 0 Å². The number of aryl methyl sites for hydroxylation is 1. The molecule has 5 nitrogen and oxygen atoms in total. The minimum Gasteiger partial charge on any atom is -0.399 e. The van der Waals surface area contributed by atoms with Crippen molar-refractivity contribution in [3.8, 4) is 10.4 Å². The van der Waals surface area contributed by atoms with E-state index in [0.717, 1.165) is 26.4 Å². The van der Waals surface area contributed by atoms with Gasteiger partial charge in [-0.1, -0.05) is 38.1 Å². The molecule has 0 fully saturated rings. The lowest BCUT2D eigenvalue weighted by Gasteiger charge is -2.16. The number of nitrogens with one attached hydrogen (secondary N) is 2. The van der Waals surface area contributed by atoms with Crippen LogP contribution in [0, 0.1) is 6.92 Å². The second kappa shape index (κ2) is 11.3. The number of thiophene rings is 1. The number of carbonyl (C=O) groups excluding carboxylic acids is 2. The van der Waals surface area contributed by atoms with Crippen LogP contribution in [0.4, 0.5) is 5.69 Å². The molecule has 31 heavy (non-hydrogen) atoms. The van der Waals surface area contributed by atoms with E-state index >= 15 is 0 Å². The van der Waals surface area contributed by atoms with Gasteiger partial charge in [0.2, 0.25) is 5.91 Å². The summed E-state index contributed by atoms with van der Waals surface area (Å²) in [6, 6.07) is 17.4. The number of hydrogen-bond donors (Lipinski definition) is 3. The molecule has 1 heterocycles. The number of amides is 2. The van der Waals surface area contributed by atoms with Gasteiger partial charge < -0.3 is 16.4 Å². The minimum atomic E-state index is -0.151. The maximum Gasteiger partial charge on any atom is 0.252 e. The number of carbonyl (C=O) groups is 2. The number of nitrogen functional groups attached to an aromatic ring is 1. The average Bonchev–Trinajstić information content (AvgIpc) is 3.24. The maximum absolute atomic E-state index is 12.7. The molecule has 0 bridgehead atoms.